The van der Waals surface area contributed by atoms with Crippen LogP contribution in [0.1, 0.15) is 471 Å². The van der Waals surface area contributed by atoms with Crippen molar-refractivity contribution in [2.24, 2.45) is 0 Å². The smallest absolute Gasteiger partial charge is 0.161 e. The zero-order valence-electron chi connectivity index (χ0n) is 84.9. The van der Waals surface area contributed by atoms with Crippen LogP contribution in [-0.4, -0.2) is 51.4 Å². The van der Waals surface area contributed by atoms with Crippen molar-refractivity contribution < 1.29 is 27.8 Å². The lowest BCUT2D eigenvalue weighted by atomic mass is 9.98. The molecule has 0 unspecified atom stereocenters. The van der Waals surface area contributed by atoms with E-state index < -0.39 is 0 Å². The van der Waals surface area contributed by atoms with E-state index in [4.69, 9.17) is 47.9 Å². The molecular formula is C120H179N5O6S2. The topological polar surface area (TPSA) is 120 Å². The van der Waals surface area contributed by atoms with Gasteiger partial charge in [-0.25, -0.2) is 9.97 Å². The first-order valence-electron chi connectivity index (χ1n) is 55.8. The summed E-state index contributed by atoms with van der Waals surface area (Å²) in [6.07, 6.45) is 84.7. The van der Waals surface area contributed by atoms with E-state index in [-0.39, 0.29) is 0 Å². The summed E-state index contributed by atoms with van der Waals surface area (Å²) in [7, 11) is 0. The van der Waals surface area contributed by atoms with Gasteiger partial charge in [-0.3, -0.25) is 0 Å². The van der Waals surface area contributed by atoms with Crippen molar-refractivity contribution in [1.82, 2.24) is 25.0 Å². The van der Waals surface area contributed by atoms with E-state index in [0.29, 0.717) is 33.0 Å². The molecule has 11 aromatic rings. The van der Waals surface area contributed by atoms with Crippen molar-refractivity contribution in [3.05, 3.63) is 108 Å². The fourth-order valence-electron chi connectivity index (χ4n) is 20.0. The van der Waals surface area contributed by atoms with Gasteiger partial charge in [0.1, 0.15) is 39.0 Å². The zero-order valence-corrected chi connectivity index (χ0v) is 86.6. The van der Waals surface area contributed by atoms with Gasteiger partial charge in [0.05, 0.1) is 55.5 Å². The van der Waals surface area contributed by atoms with Crippen LogP contribution in [0.4, 0.5) is 0 Å². The molecule has 11 nitrogen and oxygen atoms in total. The highest BCUT2D eigenvalue weighted by atomic mass is 32.1. The van der Waals surface area contributed by atoms with Crippen LogP contribution in [0.25, 0.3) is 109 Å². The predicted octanol–water partition coefficient (Wildman–Crippen LogP) is 40.2. The second kappa shape index (κ2) is 64.0. The largest absolute Gasteiger partial charge is 0.490 e. The lowest BCUT2D eigenvalue weighted by Crippen LogP contribution is -2.05. The number of furan rings is 2. The van der Waals surface area contributed by atoms with E-state index in [1.54, 1.807) is 22.7 Å². The number of thiophene rings is 2. The third-order valence-electron chi connectivity index (χ3n) is 28.2. The van der Waals surface area contributed by atoms with Gasteiger partial charge in [-0.1, -0.05) is 433 Å². The molecule has 0 N–H and O–H groups in total. The summed E-state index contributed by atoms with van der Waals surface area (Å²) in [5.41, 5.74) is 12.9. The molecule has 11 rings (SSSR count). The Morgan fingerprint density at radius 2 is 0.632 bits per heavy atom. The molecule has 0 fully saturated rings. The number of rotatable bonds is 80. The number of nitrogens with zero attached hydrogens (tertiary/aromatic N) is 5. The molecule has 5 aromatic carbocycles. The van der Waals surface area contributed by atoms with Crippen LogP contribution in [-0.2, 0) is 19.4 Å². The van der Waals surface area contributed by atoms with Crippen LogP contribution in [0.15, 0.2) is 105 Å². The van der Waals surface area contributed by atoms with E-state index in [1.165, 1.54) is 362 Å². The summed E-state index contributed by atoms with van der Waals surface area (Å²) in [5.74, 6) is 4.01. The molecule has 0 bridgehead atoms. The molecule has 0 saturated carbocycles. The van der Waals surface area contributed by atoms with Gasteiger partial charge >= 0.3 is 0 Å². The first-order valence-corrected chi connectivity index (χ1v) is 57.5. The Morgan fingerprint density at radius 3 is 1.03 bits per heavy atom. The first-order chi connectivity index (χ1) is 65.9. The number of aromatic nitrogens is 5. The van der Waals surface area contributed by atoms with Crippen molar-refractivity contribution in [2.45, 2.75) is 479 Å². The van der Waals surface area contributed by atoms with E-state index >= 15 is 0 Å². The second-order valence-electron chi connectivity index (χ2n) is 39.5. The van der Waals surface area contributed by atoms with Gasteiger partial charge in [-0.15, -0.1) is 22.7 Å². The maximum atomic E-state index is 7.59. The summed E-state index contributed by atoms with van der Waals surface area (Å²) in [6.45, 7) is 19.3. The third kappa shape index (κ3) is 35.0. The SMILES string of the molecule is CCCCCCCCCCCCOc1ccc(-c2nc3c(-c4cccs4)c4nn(CCCCCCCCCCCC)nc4c(-c4ccc(-c5oc6c(ccc7c6ccc6c(CCCCCCCCC)coc67)c5CCCCCCCCC)s4)c3nc2-c2ccc(OCCCCCCCCCCCC)c(OCCCCCCCCCCCC)c2)cc1OCCCCCCCCCCCC. The fraction of sp³-hybridized carbons (Fsp3) is 0.650. The predicted molar refractivity (Wildman–Crippen MR) is 575 cm³/mol. The fourth-order valence-corrected chi connectivity index (χ4v) is 21.8. The van der Waals surface area contributed by atoms with Gasteiger partial charge < -0.3 is 27.8 Å². The number of ether oxygens (including phenoxy) is 4. The molecule has 6 heterocycles. The van der Waals surface area contributed by atoms with E-state index in [9.17, 15) is 0 Å². The molecule has 0 spiro atoms. The summed E-state index contributed by atoms with van der Waals surface area (Å²) in [5, 5.41) is 18.3. The Balaban J connectivity index is 1.05. The van der Waals surface area contributed by atoms with Gasteiger partial charge in [-0.2, -0.15) is 15.0 Å². The summed E-state index contributed by atoms with van der Waals surface area (Å²) >= 11 is 3.52. The Bertz CT molecular complexity index is 4950. The van der Waals surface area contributed by atoms with E-state index in [0.717, 1.165) is 205 Å². The maximum absolute atomic E-state index is 7.59. The molecule has 0 radical (unpaired) electrons. The number of benzene rings is 5. The number of hydrogen-bond donors (Lipinski definition) is 0. The highest BCUT2D eigenvalue weighted by molar-refractivity contribution is 7.19. The molecule has 732 valence electrons. The molecule has 6 aromatic heterocycles. The molecule has 0 aliphatic carbocycles. The molecule has 13 heteroatoms. The average molecular weight is 1850 g/mol. The van der Waals surface area contributed by atoms with Crippen molar-refractivity contribution >= 4 is 77.5 Å². The van der Waals surface area contributed by atoms with Gasteiger partial charge in [0.15, 0.2) is 23.0 Å². The molecular weight excluding hydrogens is 1670 g/mol. The average Bonchev–Trinajstić information content (AvgIpc) is 1.65. The van der Waals surface area contributed by atoms with Gasteiger partial charge in [0.25, 0.3) is 0 Å². The van der Waals surface area contributed by atoms with Crippen LogP contribution < -0.4 is 18.9 Å². The first kappa shape index (κ1) is 106. The standard InChI is InChI=1S/C120H179N5O6S2/c1-8-15-22-29-36-41-46-53-60-67-86-125-123-116-110(107-75-72-91-132-107)114-115(111(117(116)124-125)108-84-85-109(133-108)120-99(74-66-59-52-35-28-21-14-7)101-81-80-100-102(119(101)131-120)79-78-98-97(94-130-118(98)100)73-65-58-51-34-27-20-13-6)122-113(96-77-83-104(127-88-69-62-55-48-43-38-31-24-17-10-3)106(93-96)129-90-71-64-57-50-45-40-33-26-19-12-5)112(121-114)95-76-82-103(126-87-68-61-54-47-42-37-30-23-16-9-2)105(92-95)128-89-70-63-56-49-44-39-32-25-18-11-4/h72,75-85,91-94H,8-71,73-74,86-90H2,1-7H3. The normalized spacial score (nSPS) is 11.9. The minimum atomic E-state index is 0.600. The lowest BCUT2D eigenvalue weighted by molar-refractivity contribution is 0.258. The van der Waals surface area contributed by atoms with Crippen LogP contribution in [0, 0.1) is 0 Å². The molecule has 133 heavy (non-hydrogen) atoms. The third-order valence-corrected chi connectivity index (χ3v) is 30.1. The Hall–Kier alpha value is -7.22. The molecule has 0 aliphatic rings. The van der Waals surface area contributed by atoms with Crippen molar-refractivity contribution in [1.29, 1.82) is 0 Å². The van der Waals surface area contributed by atoms with Crippen LogP contribution >= 0.6 is 22.7 Å². The van der Waals surface area contributed by atoms with Crippen LogP contribution in [0.2, 0.25) is 0 Å². The monoisotopic (exact) mass is 1850 g/mol. The summed E-state index contributed by atoms with van der Waals surface area (Å²) in [6, 6.07) is 31.6. The van der Waals surface area contributed by atoms with Gasteiger partial charge in [0, 0.05) is 59.1 Å². The Labute approximate surface area is 814 Å². The molecule has 0 saturated heterocycles. The Kier molecular flexibility index (Phi) is 51.1. The van der Waals surface area contributed by atoms with Crippen molar-refractivity contribution in [2.75, 3.05) is 26.4 Å². The minimum Gasteiger partial charge on any atom is -0.490 e. The van der Waals surface area contributed by atoms with Gasteiger partial charge in [0.2, 0.25) is 0 Å². The maximum Gasteiger partial charge on any atom is 0.161 e. The summed E-state index contributed by atoms with van der Waals surface area (Å²) in [4.78, 5) is 17.8. The van der Waals surface area contributed by atoms with Gasteiger partial charge in [-0.05, 0) is 135 Å². The van der Waals surface area contributed by atoms with E-state index in [2.05, 4.69) is 139 Å². The zero-order chi connectivity index (χ0) is 92.6. The summed E-state index contributed by atoms with van der Waals surface area (Å²) < 4.78 is 42.4. The molecule has 0 amide bonds. The van der Waals surface area contributed by atoms with Crippen LogP contribution in [0.5, 0.6) is 23.0 Å². The number of unbranched alkanes of at least 4 members (excludes halogenated alkanes) is 57. The minimum absolute atomic E-state index is 0.600. The van der Waals surface area contributed by atoms with Crippen molar-refractivity contribution in [3.8, 4) is 77.0 Å². The second-order valence-corrected chi connectivity index (χ2v) is 41.6. The molecule has 0 atom stereocenters. The Morgan fingerprint density at radius 1 is 0.293 bits per heavy atom. The number of fused-ring (bicyclic) bond motifs is 7. The van der Waals surface area contributed by atoms with E-state index in [1.807, 2.05) is 11.1 Å². The highest BCUT2D eigenvalue weighted by Gasteiger charge is 2.30. The van der Waals surface area contributed by atoms with Crippen LogP contribution in [0.3, 0.4) is 0 Å². The number of hydrogen-bond acceptors (Lipinski definition) is 12. The number of aryl methyl sites for hydroxylation is 3. The highest BCUT2D eigenvalue weighted by Crippen LogP contribution is 2.51. The van der Waals surface area contributed by atoms with Crippen molar-refractivity contribution in [3.63, 3.8) is 0 Å². The molecule has 0 aliphatic heterocycles. The lowest BCUT2D eigenvalue weighted by Gasteiger charge is -2.19. The quantitative estimate of drug-likeness (QED) is 0.0341.